The fourth-order valence-corrected chi connectivity index (χ4v) is 3.58. The fourth-order valence-electron chi connectivity index (χ4n) is 3.58. The molecule has 1 saturated heterocycles. The van der Waals surface area contributed by atoms with E-state index in [-0.39, 0.29) is 24.8 Å². The number of aliphatic carboxylic acids is 1. The van der Waals surface area contributed by atoms with E-state index in [1.807, 2.05) is 6.07 Å². The van der Waals surface area contributed by atoms with Crippen LogP contribution in [0.2, 0.25) is 0 Å². The van der Waals surface area contributed by atoms with E-state index in [9.17, 15) is 14.7 Å². The molecule has 0 aliphatic carbocycles. The lowest BCUT2D eigenvalue weighted by Crippen LogP contribution is -2.30. The van der Waals surface area contributed by atoms with Crippen LogP contribution >= 0.6 is 0 Å². The van der Waals surface area contributed by atoms with Crippen molar-refractivity contribution < 1.29 is 24.2 Å². The number of rotatable bonds is 7. The van der Waals surface area contributed by atoms with Crippen molar-refractivity contribution >= 4 is 11.9 Å². The quantitative estimate of drug-likeness (QED) is 0.793. The third-order valence-corrected chi connectivity index (χ3v) is 4.94. The maximum atomic E-state index is 12.6. The summed E-state index contributed by atoms with van der Waals surface area (Å²) in [4.78, 5) is 26.0. The predicted octanol–water partition coefficient (Wildman–Crippen LogP) is 1.62. The fraction of sp³-hybridized carbons (Fsp3) is 0.421. The average Bonchev–Trinajstić information content (AvgIpc) is 3.35. The van der Waals surface area contributed by atoms with Crippen LogP contribution < -0.4 is 9.47 Å². The highest BCUT2D eigenvalue weighted by molar-refractivity contribution is 5.80. The Bertz CT molecular complexity index is 806. The predicted molar refractivity (Wildman–Crippen MR) is 96.8 cm³/mol. The Hall–Kier alpha value is -3.03. The van der Waals surface area contributed by atoms with E-state index in [0.717, 1.165) is 5.56 Å². The zero-order valence-corrected chi connectivity index (χ0v) is 15.4. The van der Waals surface area contributed by atoms with Crippen molar-refractivity contribution in [2.24, 2.45) is 5.92 Å². The minimum Gasteiger partial charge on any atom is -0.493 e. The molecule has 1 aliphatic heterocycles. The summed E-state index contributed by atoms with van der Waals surface area (Å²) >= 11 is 0. The molecule has 1 fully saturated rings. The minimum absolute atomic E-state index is 0.0823. The summed E-state index contributed by atoms with van der Waals surface area (Å²) in [6, 6.07) is 7.20. The lowest BCUT2D eigenvalue weighted by molar-refractivity contribution is -0.141. The normalized spacial score (nSPS) is 19.1. The van der Waals surface area contributed by atoms with Gasteiger partial charge in [0.2, 0.25) is 5.91 Å². The average molecular weight is 373 g/mol. The molecular formula is C19H23N3O5. The molecule has 0 saturated carbocycles. The minimum atomic E-state index is -0.924. The molecule has 1 N–H and O–H groups in total. The van der Waals surface area contributed by atoms with E-state index < -0.39 is 11.9 Å². The number of carbonyl (C=O) groups excluding carboxylic acids is 1. The highest BCUT2D eigenvalue weighted by Gasteiger charge is 2.41. The van der Waals surface area contributed by atoms with Gasteiger partial charge in [-0.15, -0.1) is 0 Å². The van der Waals surface area contributed by atoms with Crippen molar-refractivity contribution in [1.29, 1.82) is 0 Å². The number of aryl methyl sites for hydroxylation is 1. The number of carboxylic acids is 1. The third kappa shape index (κ3) is 3.89. The van der Waals surface area contributed by atoms with Gasteiger partial charge in [0.15, 0.2) is 11.5 Å². The Morgan fingerprint density at radius 1 is 1.22 bits per heavy atom. The number of methoxy groups -OCH3 is 2. The number of hydrogen-bond acceptors (Lipinski definition) is 5. The summed E-state index contributed by atoms with van der Waals surface area (Å²) < 4.78 is 12.5. The number of hydrogen-bond donors (Lipinski definition) is 1. The summed E-state index contributed by atoms with van der Waals surface area (Å²) in [6.07, 6.45) is 3.73. The molecule has 1 aromatic heterocycles. The highest BCUT2D eigenvalue weighted by atomic mass is 16.5. The van der Waals surface area contributed by atoms with Crippen molar-refractivity contribution in [3.8, 4) is 11.5 Å². The van der Waals surface area contributed by atoms with Gasteiger partial charge >= 0.3 is 5.97 Å². The highest BCUT2D eigenvalue weighted by Crippen LogP contribution is 2.42. The largest absolute Gasteiger partial charge is 0.493 e. The summed E-state index contributed by atoms with van der Waals surface area (Å²) in [5, 5.41) is 13.8. The summed E-state index contributed by atoms with van der Waals surface area (Å²) in [5.41, 5.74) is 0.742. The van der Waals surface area contributed by atoms with E-state index in [0.29, 0.717) is 24.6 Å². The molecule has 0 bridgehead atoms. The molecular weight excluding hydrogens is 350 g/mol. The Morgan fingerprint density at radius 3 is 2.67 bits per heavy atom. The molecule has 2 aromatic rings. The number of nitrogens with zero attached hydrogens (tertiary/aromatic N) is 3. The van der Waals surface area contributed by atoms with Gasteiger partial charge in [-0.3, -0.25) is 14.3 Å². The van der Waals surface area contributed by atoms with Gasteiger partial charge in [-0.25, -0.2) is 0 Å². The van der Waals surface area contributed by atoms with Gasteiger partial charge in [0.05, 0.1) is 20.1 Å². The van der Waals surface area contributed by atoms with Crippen LogP contribution in [-0.4, -0.2) is 59.0 Å². The van der Waals surface area contributed by atoms with Crippen molar-refractivity contribution in [2.75, 3.05) is 27.3 Å². The zero-order valence-electron chi connectivity index (χ0n) is 15.4. The van der Waals surface area contributed by atoms with Gasteiger partial charge in [-0.1, -0.05) is 12.1 Å². The van der Waals surface area contributed by atoms with E-state index in [1.54, 1.807) is 40.2 Å². The third-order valence-electron chi connectivity index (χ3n) is 4.94. The van der Waals surface area contributed by atoms with Crippen molar-refractivity contribution in [1.82, 2.24) is 14.7 Å². The van der Waals surface area contributed by atoms with Gasteiger partial charge in [0, 0.05) is 49.9 Å². The monoisotopic (exact) mass is 373 g/mol. The lowest BCUT2D eigenvalue weighted by atomic mass is 9.88. The van der Waals surface area contributed by atoms with E-state index >= 15 is 0 Å². The summed E-state index contributed by atoms with van der Waals surface area (Å²) in [7, 11) is 3.06. The first-order valence-corrected chi connectivity index (χ1v) is 8.74. The number of aromatic nitrogens is 2. The van der Waals surface area contributed by atoms with Crippen LogP contribution in [0.5, 0.6) is 11.5 Å². The van der Waals surface area contributed by atoms with Crippen LogP contribution in [0.1, 0.15) is 17.9 Å². The van der Waals surface area contributed by atoms with Gasteiger partial charge in [-0.05, 0) is 12.1 Å². The van der Waals surface area contributed by atoms with Crippen molar-refractivity contribution in [3.63, 3.8) is 0 Å². The van der Waals surface area contributed by atoms with Gasteiger partial charge in [0.1, 0.15) is 0 Å². The van der Waals surface area contributed by atoms with Crippen LogP contribution in [0.15, 0.2) is 36.7 Å². The number of amides is 1. The van der Waals surface area contributed by atoms with Gasteiger partial charge in [-0.2, -0.15) is 5.10 Å². The Morgan fingerprint density at radius 2 is 2.04 bits per heavy atom. The molecule has 0 radical (unpaired) electrons. The Kier molecular flexibility index (Phi) is 5.63. The second-order valence-electron chi connectivity index (χ2n) is 6.45. The van der Waals surface area contributed by atoms with Crippen LogP contribution in [0.4, 0.5) is 0 Å². The first-order valence-electron chi connectivity index (χ1n) is 8.74. The maximum absolute atomic E-state index is 12.6. The number of para-hydroxylation sites is 1. The lowest BCUT2D eigenvalue weighted by Gasteiger charge is -2.20. The SMILES string of the molecule is COc1cccc([C@@H]2CN(C(=O)CCn3cccn3)C[C@H]2C(=O)O)c1OC. The second kappa shape index (κ2) is 8.11. The molecule has 8 heteroatoms. The van der Waals surface area contributed by atoms with Crippen molar-refractivity contribution in [3.05, 3.63) is 42.2 Å². The molecule has 27 heavy (non-hydrogen) atoms. The molecule has 1 amide bonds. The second-order valence-corrected chi connectivity index (χ2v) is 6.45. The number of ether oxygens (including phenoxy) is 2. The molecule has 1 aliphatic rings. The summed E-state index contributed by atoms with van der Waals surface area (Å²) in [6.45, 7) is 0.976. The number of carboxylic acid groups (broad SMARTS) is 1. The first-order chi connectivity index (χ1) is 13.0. The molecule has 2 heterocycles. The van der Waals surface area contributed by atoms with Crippen LogP contribution in [0.25, 0.3) is 0 Å². The molecule has 0 unspecified atom stereocenters. The van der Waals surface area contributed by atoms with E-state index in [2.05, 4.69) is 5.10 Å². The van der Waals surface area contributed by atoms with Crippen LogP contribution in [0, 0.1) is 5.92 Å². The first kappa shape index (κ1) is 18.8. The Balaban J connectivity index is 1.79. The van der Waals surface area contributed by atoms with Gasteiger partial charge in [0.25, 0.3) is 0 Å². The summed E-state index contributed by atoms with van der Waals surface area (Å²) in [5.74, 6) is -1.00. The zero-order chi connectivity index (χ0) is 19.4. The van der Waals surface area contributed by atoms with Crippen LogP contribution in [-0.2, 0) is 16.1 Å². The van der Waals surface area contributed by atoms with Crippen LogP contribution in [0.3, 0.4) is 0 Å². The molecule has 144 valence electrons. The molecule has 3 rings (SSSR count). The Labute approximate surface area is 157 Å². The molecule has 1 aromatic carbocycles. The standard InChI is InChI=1S/C19H23N3O5/c1-26-16-6-3-5-13(18(16)27-2)14-11-21(12-15(14)19(24)25)17(23)7-10-22-9-4-8-20-22/h3-6,8-9,14-15H,7,10-12H2,1-2H3,(H,24,25)/t14-,15+/m0/s1. The van der Waals surface area contributed by atoms with Crippen molar-refractivity contribution in [2.45, 2.75) is 18.9 Å². The van der Waals surface area contributed by atoms with Gasteiger partial charge < -0.3 is 19.5 Å². The molecule has 8 nitrogen and oxygen atoms in total. The molecule has 0 spiro atoms. The number of likely N-dealkylation sites (tertiary alicyclic amines) is 1. The topological polar surface area (TPSA) is 93.9 Å². The number of carbonyl (C=O) groups is 2. The smallest absolute Gasteiger partial charge is 0.308 e. The maximum Gasteiger partial charge on any atom is 0.308 e. The molecule has 2 atom stereocenters. The van der Waals surface area contributed by atoms with E-state index in [1.165, 1.54) is 14.2 Å². The number of benzene rings is 1. The van der Waals surface area contributed by atoms with E-state index in [4.69, 9.17) is 9.47 Å².